The molecule has 1 aliphatic rings. The fourth-order valence-corrected chi connectivity index (χ4v) is 1.77. The van der Waals surface area contributed by atoms with Crippen molar-refractivity contribution in [1.29, 1.82) is 0 Å². The lowest BCUT2D eigenvalue weighted by atomic mass is 10.3. The number of aromatic amines is 1. The van der Waals surface area contributed by atoms with Gasteiger partial charge in [0.15, 0.2) is 4.77 Å². The second-order valence-electron chi connectivity index (χ2n) is 3.62. The first-order valence-corrected chi connectivity index (χ1v) is 4.93. The van der Waals surface area contributed by atoms with E-state index in [0.717, 1.165) is 17.2 Å². The minimum atomic E-state index is 0.869. The average molecular weight is 182 g/mol. The summed E-state index contributed by atoms with van der Waals surface area (Å²) in [4.78, 5) is 3.06. The lowest BCUT2D eigenvalue weighted by Gasteiger charge is -2.03. The molecular formula is C9H14N2S. The Bertz CT molecular complexity index is 320. The quantitative estimate of drug-likeness (QED) is 0.713. The summed E-state index contributed by atoms with van der Waals surface area (Å²) in [5.41, 5.74) is 1.25. The predicted octanol–water partition coefficient (Wildman–Crippen LogP) is 2.65. The number of imidazole rings is 1. The molecule has 0 spiro atoms. The summed E-state index contributed by atoms with van der Waals surface area (Å²) in [6, 6.07) is 0. The van der Waals surface area contributed by atoms with Gasteiger partial charge in [-0.15, -0.1) is 0 Å². The second kappa shape index (κ2) is 3.05. The van der Waals surface area contributed by atoms with Crippen LogP contribution in [0.3, 0.4) is 0 Å². The SMILES string of the molecule is Cc1c[nH]c(=S)n1CCC1CC1. The van der Waals surface area contributed by atoms with Crippen molar-refractivity contribution in [1.82, 2.24) is 9.55 Å². The Morgan fingerprint density at radius 2 is 2.42 bits per heavy atom. The lowest BCUT2D eigenvalue weighted by molar-refractivity contribution is 0.581. The standard InChI is InChI=1S/C9H14N2S/c1-7-6-10-9(12)11(7)5-4-8-2-3-8/h6,8H,2-5H2,1H3,(H,10,12). The van der Waals surface area contributed by atoms with Crippen molar-refractivity contribution in [3.8, 4) is 0 Å². The van der Waals surface area contributed by atoms with Crippen molar-refractivity contribution >= 4 is 12.2 Å². The van der Waals surface area contributed by atoms with Crippen LogP contribution in [0, 0.1) is 17.6 Å². The molecule has 1 aliphatic carbocycles. The first-order valence-electron chi connectivity index (χ1n) is 4.52. The first kappa shape index (κ1) is 8.05. The highest BCUT2D eigenvalue weighted by atomic mass is 32.1. The van der Waals surface area contributed by atoms with Crippen LogP contribution in [0.4, 0.5) is 0 Å². The van der Waals surface area contributed by atoms with Crippen LogP contribution < -0.4 is 0 Å². The van der Waals surface area contributed by atoms with E-state index in [1.807, 2.05) is 6.20 Å². The van der Waals surface area contributed by atoms with Crippen molar-refractivity contribution in [2.75, 3.05) is 0 Å². The molecule has 12 heavy (non-hydrogen) atoms. The van der Waals surface area contributed by atoms with E-state index in [9.17, 15) is 0 Å². The third-order valence-electron chi connectivity index (χ3n) is 2.53. The van der Waals surface area contributed by atoms with Crippen LogP contribution in [0.15, 0.2) is 6.20 Å². The number of hydrogen-bond acceptors (Lipinski definition) is 1. The zero-order valence-electron chi connectivity index (χ0n) is 7.34. The van der Waals surface area contributed by atoms with Crippen molar-refractivity contribution in [2.24, 2.45) is 5.92 Å². The molecule has 0 atom stereocenters. The number of hydrogen-bond donors (Lipinski definition) is 1. The molecule has 1 fully saturated rings. The van der Waals surface area contributed by atoms with Crippen molar-refractivity contribution in [3.05, 3.63) is 16.7 Å². The van der Waals surface area contributed by atoms with Gasteiger partial charge in [-0.05, 0) is 31.5 Å². The van der Waals surface area contributed by atoms with Gasteiger partial charge < -0.3 is 9.55 Å². The summed E-state index contributed by atoms with van der Waals surface area (Å²) in [5, 5.41) is 0. The van der Waals surface area contributed by atoms with E-state index in [0.29, 0.717) is 0 Å². The van der Waals surface area contributed by atoms with Crippen molar-refractivity contribution in [3.63, 3.8) is 0 Å². The molecule has 0 bridgehead atoms. The summed E-state index contributed by atoms with van der Waals surface area (Å²) in [7, 11) is 0. The summed E-state index contributed by atoms with van der Waals surface area (Å²) in [6.45, 7) is 3.19. The minimum absolute atomic E-state index is 0.869. The summed E-state index contributed by atoms with van der Waals surface area (Å²) in [6.07, 6.45) is 6.13. The zero-order chi connectivity index (χ0) is 8.55. The summed E-state index contributed by atoms with van der Waals surface area (Å²) >= 11 is 5.15. The molecule has 1 N–H and O–H groups in total. The Kier molecular flexibility index (Phi) is 2.05. The highest BCUT2D eigenvalue weighted by Crippen LogP contribution is 2.32. The van der Waals surface area contributed by atoms with Gasteiger partial charge >= 0.3 is 0 Å². The minimum Gasteiger partial charge on any atom is -0.337 e. The number of H-pyrrole nitrogens is 1. The maximum Gasteiger partial charge on any atom is 0.177 e. The van der Waals surface area contributed by atoms with Crippen LogP contribution in [0.2, 0.25) is 0 Å². The largest absolute Gasteiger partial charge is 0.337 e. The van der Waals surface area contributed by atoms with Gasteiger partial charge in [0.25, 0.3) is 0 Å². The van der Waals surface area contributed by atoms with Crippen LogP contribution in [-0.2, 0) is 6.54 Å². The smallest absolute Gasteiger partial charge is 0.177 e. The van der Waals surface area contributed by atoms with Crippen LogP contribution in [-0.4, -0.2) is 9.55 Å². The van der Waals surface area contributed by atoms with E-state index in [1.165, 1.54) is 25.0 Å². The highest BCUT2D eigenvalue weighted by molar-refractivity contribution is 7.71. The van der Waals surface area contributed by atoms with Gasteiger partial charge in [-0.1, -0.05) is 12.8 Å². The Labute approximate surface area is 77.6 Å². The van der Waals surface area contributed by atoms with Gasteiger partial charge in [-0.3, -0.25) is 0 Å². The molecule has 0 saturated heterocycles. The van der Waals surface area contributed by atoms with Gasteiger partial charge in [0.05, 0.1) is 0 Å². The van der Waals surface area contributed by atoms with E-state index in [1.54, 1.807) is 0 Å². The van der Waals surface area contributed by atoms with E-state index in [-0.39, 0.29) is 0 Å². The molecule has 0 unspecified atom stereocenters. The number of nitrogens with one attached hydrogen (secondary N) is 1. The monoisotopic (exact) mass is 182 g/mol. The van der Waals surface area contributed by atoms with Crippen LogP contribution in [0.1, 0.15) is 25.0 Å². The number of nitrogens with zero attached hydrogens (tertiary/aromatic N) is 1. The Hall–Kier alpha value is -0.570. The molecule has 0 aliphatic heterocycles. The molecule has 2 rings (SSSR count). The van der Waals surface area contributed by atoms with E-state index >= 15 is 0 Å². The molecule has 1 aromatic rings. The normalized spacial score (nSPS) is 16.8. The lowest BCUT2D eigenvalue weighted by Crippen LogP contribution is -2.00. The van der Waals surface area contributed by atoms with Gasteiger partial charge in [0, 0.05) is 18.4 Å². The average Bonchev–Trinajstić information content (AvgIpc) is 2.80. The van der Waals surface area contributed by atoms with Crippen LogP contribution in [0.5, 0.6) is 0 Å². The maximum atomic E-state index is 5.15. The molecule has 66 valence electrons. The predicted molar refractivity (Wildman–Crippen MR) is 51.7 cm³/mol. The number of aryl methyl sites for hydroxylation is 1. The molecule has 1 heterocycles. The highest BCUT2D eigenvalue weighted by Gasteiger charge is 2.20. The molecule has 1 aromatic heterocycles. The van der Waals surface area contributed by atoms with Gasteiger partial charge in [0.2, 0.25) is 0 Å². The van der Waals surface area contributed by atoms with E-state index < -0.39 is 0 Å². The first-order chi connectivity index (χ1) is 5.77. The molecule has 0 amide bonds. The van der Waals surface area contributed by atoms with Crippen molar-refractivity contribution < 1.29 is 0 Å². The summed E-state index contributed by atoms with van der Waals surface area (Å²) in [5.74, 6) is 0.987. The maximum absolute atomic E-state index is 5.15. The molecule has 0 aromatic carbocycles. The third kappa shape index (κ3) is 1.61. The van der Waals surface area contributed by atoms with Gasteiger partial charge in [0.1, 0.15) is 0 Å². The molecule has 2 nitrogen and oxygen atoms in total. The third-order valence-corrected chi connectivity index (χ3v) is 2.87. The van der Waals surface area contributed by atoms with Gasteiger partial charge in [-0.25, -0.2) is 0 Å². The topological polar surface area (TPSA) is 20.7 Å². The molecule has 3 heteroatoms. The van der Waals surface area contributed by atoms with E-state index in [4.69, 9.17) is 12.2 Å². The molecular weight excluding hydrogens is 168 g/mol. The van der Waals surface area contributed by atoms with Crippen molar-refractivity contribution in [2.45, 2.75) is 32.7 Å². The van der Waals surface area contributed by atoms with Crippen LogP contribution in [0.25, 0.3) is 0 Å². The molecule has 0 radical (unpaired) electrons. The van der Waals surface area contributed by atoms with Crippen LogP contribution >= 0.6 is 12.2 Å². The second-order valence-corrected chi connectivity index (χ2v) is 4.01. The van der Waals surface area contributed by atoms with Gasteiger partial charge in [-0.2, -0.15) is 0 Å². The zero-order valence-corrected chi connectivity index (χ0v) is 8.16. The summed E-state index contributed by atoms with van der Waals surface area (Å²) < 4.78 is 3.06. The number of aromatic nitrogens is 2. The van der Waals surface area contributed by atoms with E-state index in [2.05, 4.69) is 16.5 Å². The number of rotatable bonds is 3. The molecule has 1 saturated carbocycles. The fourth-order valence-electron chi connectivity index (χ4n) is 1.48. The Morgan fingerprint density at radius 3 is 2.92 bits per heavy atom. The fraction of sp³-hybridized carbons (Fsp3) is 0.667. The Morgan fingerprint density at radius 1 is 1.67 bits per heavy atom. The Balaban J connectivity index is 2.04.